The maximum Gasteiger partial charge on any atom is 0.244 e. The minimum absolute atomic E-state index is 0.0615. The van der Waals surface area contributed by atoms with Crippen LogP contribution in [0.15, 0.2) is 58.3 Å². The highest BCUT2D eigenvalue weighted by molar-refractivity contribution is 7.89. The fraction of sp³-hybridized carbons (Fsp3) is 0.350. The highest BCUT2D eigenvalue weighted by Crippen LogP contribution is 2.18. The van der Waals surface area contributed by atoms with Gasteiger partial charge in [0, 0.05) is 19.1 Å². The predicted octanol–water partition coefficient (Wildman–Crippen LogP) is 1.60. The molecule has 0 saturated carbocycles. The molecule has 2 N–H and O–H groups in total. The second-order valence-electron chi connectivity index (χ2n) is 7.45. The maximum atomic E-state index is 13.8. The summed E-state index contributed by atoms with van der Waals surface area (Å²) in [6, 6.07) is 7.73. The van der Waals surface area contributed by atoms with Crippen molar-refractivity contribution in [1.82, 2.24) is 14.3 Å². The molecule has 1 amide bonds. The van der Waals surface area contributed by atoms with E-state index in [1.54, 1.807) is 0 Å². The van der Waals surface area contributed by atoms with Crippen LogP contribution in [0, 0.1) is 11.6 Å². The molecule has 0 radical (unpaired) electrons. The lowest BCUT2D eigenvalue weighted by Gasteiger charge is -2.33. The Morgan fingerprint density at radius 2 is 1.56 bits per heavy atom. The molecular formula is C20H23F2N3O5S2. The van der Waals surface area contributed by atoms with Crippen LogP contribution in [0.25, 0.3) is 0 Å². The number of carbonyl (C=O) groups is 1. The Morgan fingerprint density at radius 1 is 0.969 bits per heavy atom. The van der Waals surface area contributed by atoms with Gasteiger partial charge in [0.25, 0.3) is 0 Å². The number of benzene rings is 2. The molecule has 3 rings (SSSR count). The number of rotatable bonds is 7. The molecule has 1 saturated heterocycles. The number of hydrogen-bond acceptors (Lipinski definition) is 5. The second kappa shape index (κ2) is 9.61. The van der Waals surface area contributed by atoms with Gasteiger partial charge in [-0.25, -0.2) is 30.3 Å². The number of halogens is 2. The van der Waals surface area contributed by atoms with E-state index < -0.39 is 54.6 Å². The lowest BCUT2D eigenvalue weighted by atomic mass is 10.1. The highest BCUT2D eigenvalue weighted by Gasteiger charge is 2.31. The van der Waals surface area contributed by atoms with E-state index in [0.717, 1.165) is 24.3 Å². The van der Waals surface area contributed by atoms with Crippen LogP contribution in [-0.2, 0) is 24.8 Å². The van der Waals surface area contributed by atoms with Crippen molar-refractivity contribution in [3.8, 4) is 0 Å². The molecule has 12 heteroatoms. The van der Waals surface area contributed by atoms with Gasteiger partial charge in [0.15, 0.2) is 0 Å². The van der Waals surface area contributed by atoms with Crippen LogP contribution in [0.1, 0.15) is 19.8 Å². The third-order valence-corrected chi connectivity index (χ3v) is 8.19. The number of nitrogens with zero attached hydrogens (tertiary/aromatic N) is 1. The van der Waals surface area contributed by atoms with Crippen LogP contribution in [0.5, 0.6) is 0 Å². The van der Waals surface area contributed by atoms with E-state index in [1.165, 1.54) is 36.1 Å². The van der Waals surface area contributed by atoms with E-state index in [0.29, 0.717) is 12.8 Å². The first-order valence-corrected chi connectivity index (χ1v) is 12.8. The van der Waals surface area contributed by atoms with Crippen molar-refractivity contribution < 1.29 is 30.4 Å². The minimum Gasteiger partial charge on any atom is -0.341 e. The average Bonchev–Trinajstić information content (AvgIpc) is 2.73. The molecule has 2 aromatic rings. The number of amides is 1. The number of likely N-dealkylation sites (tertiary alicyclic amines) is 1. The van der Waals surface area contributed by atoms with Crippen LogP contribution < -0.4 is 9.44 Å². The van der Waals surface area contributed by atoms with Crippen molar-refractivity contribution in [3.05, 3.63) is 60.2 Å². The van der Waals surface area contributed by atoms with E-state index in [-0.39, 0.29) is 18.0 Å². The van der Waals surface area contributed by atoms with Gasteiger partial charge in [-0.2, -0.15) is 4.72 Å². The molecule has 8 nitrogen and oxygen atoms in total. The molecule has 0 aromatic heterocycles. The molecule has 1 atom stereocenters. The number of carbonyl (C=O) groups excluding carboxylic acids is 1. The fourth-order valence-electron chi connectivity index (χ4n) is 3.40. The third kappa shape index (κ3) is 5.68. The molecule has 32 heavy (non-hydrogen) atoms. The van der Waals surface area contributed by atoms with Gasteiger partial charge in [0.2, 0.25) is 26.0 Å². The smallest absolute Gasteiger partial charge is 0.244 e. The normalized spacial score (nSPS) is 16.7. The van der Waals surface area contributed by atoms with Crippen molar-refractivity contribution in [2.45, 2.75) is 41.6 Å². The molecular weight excluding hydrogens is 464 g/mol. The lowest BCUT2D eigenvalue weighted by Crippen LogP contribution is -2.52. The molecule has 0 unspecified atom stereocenters. The average molecular weight is 488 g/mol. The first-order chi connectivity index (χ1) is 15.0. The summed E-state index contributed by atoms with van der Waals surface area (Å²) >= 11 is 0. The van der Waals surface area contributed by atoms with Crippen LogP contribution in [0.4, 0.5) is 8.78 Å². The predicted molar refractivity (Wildman–Crippen MR) is 113 cm³/mol. The zero-order valence-corrected chi connectivity index (χ0v) is 18.8. The van der Waals surface area contributed by atoms with Gasteiger partial charge in [0.1, 0.15) is 16.5 Å². The summed E-state index contributed by atoms with van der Waals surface area (Å²) in [5, 5.41) is 0. The summed E-state index contributed by atoms with van der Waals surface area (Å²) in [7, 11) is -8.07. The van der Waals surface area contributed by atoms with Crippen molar-refractivity contribution in [1.29, 1.82) is 0 Å². The first kappa shape index (κ1) is 24.2. The molecule has 0 aliphatic carbocycles. The Kier molecular flexibility index (Phi) is 7.28. The van der Waals surface area contributed by atoms with Crippen molar-refractivity contribution in [2.24, 2.45) is 0 Å². The Morgan fingerprint density at radius 3 is 2.16 bits per heavy atom. The lowest BCUT2D eigenvalue weighted by molar-refractivity contribution is -0.133. The SMILES string of the molecule is C[C@H](NS(=O)(=O)c1ccccc1F)C(=O)N1CCC(NS(=O)(=O)c2ccc(F)cc2)CC1. The van der Waals surface area contributed by atoms with Gasteiger partial charge in [0.05, 0.1) is 10.9 Å². The Bertz CT molecular complexity index is 1180. The zero-order chi connectivity index (χ0) is 23.5. The maximum absolute atomic E-state index is 13.8. The van der Waals surface area contributed by atoms with Crippen LogP contribution in [0.2, 0.25) is 0 Å². The van der Waals surface area contributed by atoms with E-state index in [2.05, 4.69) is 9.44 Å². The summed E-state index contributed by atoms with van der Waals surface area (Å²) in [5.74, 6) is -1.96. The second-order valence-corrected chi connectivity index (χ2v) is 10.8. The topological polar surface area (TPSA) is 113 Å². The standard InChI is InChI=1S/C20H23F2N3O5S2/c1-14(23-32(29,30)19-5-3-2-4-18(19)22)20(26)25-12-10-16(11-13-25)24-31(27,28)17-8-6-15(21)7-9-17/h2-9,14,16,23-24H,10-13H2,1H3/t14-/m0/s1. The molecule has 1 aliphatic rings. The Hall–Kier alpha value is -2.41. The highest BCUT2D eigenvalue weighted by atomic mass is 32.2. The van der Waals surface area contributed by atoms with E-state index in [4.69, 9.17) is 0 Å². The quantitative estimate of drug-likeness (QED) is 0.616. The zero-order valence-electron chi connectivity index (χ0n) is 17.2. The first-order valence-electron chi connectivity index (χ1n) is 9.83. The van der Waals surface area contributed by atoms with Crippen molar-refractivity contribution in [3.63, 3.8) is 0 Å². The molecule has 2 aromatic carbocycles. The summed E-state index contributed by atoms with van der Waals surface area (Å²) in [6.07, 6.45) is 0.637. The molecule has 1 fully saturated rings. The summed E-state index contributed by atoms with van der Waals surface area (Å²) < 4.78 is 81.2. The summed E-state index contributed by atoms with van der Waals surface area (Å²) in [5.41, 5.74) is 0. The molecule has 1 aliphatic heterocycles. The minimum atomic E-state index is -4.23. The molecule has 174 valence electrons. The number of sulfonamides is 2. The van der Waals surface area contributed by atoms with Crippen LogP contribution >= 0.6 is 0 Å². The number of nitrogens with one attached hydrogen (secondary N) is 2. The largest absolute Gasteiger partial charge is 0.341 e. The molecule has 1 heterocycles. The Balaban J connectivity index is 1.57. The van der Waals surface area contributed by atoms with Gasteiger partial charge >= 0.3 is 0 Å². The van der Waals surface area contributed by atoms with Crippen molar-refractivity contribution >= 4 is 26.0 Å². The van der Waals surface area contributed by atoms with Crippen molar-refractivity contribution in [2.75, 3.05) is 13.1 Å². The summed E-state index contributed by atoms with van der Waals surface area (Å²) in [4.78, 5) is 13.5. The van der Waals surface area contributed by atoms with Gasteiger partial charge in [-0.3, -0.25) is 4.79 Å². The molecule has 0 bridgehead atoms. The van der Waals surface area contributed by atoms with E-state index in [9.17, 15) is 30.4 Å². The third-order valence-electron chi connectivity index (χ3n) is 5.08. The van der Waals surface area contributed by atoms with E-state index >= 15 is 0 Å². The molecule has 0 spiro atoms. The number of piperidine rings is 1. The van der Waals surface area contributed by atoms with Gasteiger partial charge in [-0.05, 0) is 56.2 Å². The van der Waals surface area contributed by atoms with Gasteiger partial charge in [-0.15, -0.1) is 0 Å². The van der Waals surface area contributed by atoms with Gasteiger partial charge < -0.3 is 4.90 Å². The van der Waals surface area contributed by atoms with E-state index in [1.807, 2.05) is 0 Å². The van der Waals surface area contributed by atoms with Gasteiger partial charge in [-0.1, -0.05) is 12.1 Å². The number of hydrogen-bond donors (Lipinski definition) is 2. The van der Waals surface area contributed by atoms with Crippen LogP contribution in [0.3, 0.4) is 0 Å². The fourth-order valence-corrected chi connectivity index (χ4v) is 5.98. The summed E-state index contributed by atoms with van der Waals surface area (Å²) in [6.45, 7) is 1.78. The Labute approximate surface area is 185 Å². The monoisotopic (exact) mass is 487 g/mol. The van der Waals surface area contributed by atoms with Crippen LogP contribution in [-0.4, -0.2) is 52.8 Å².